The lowest BCUT2D eigenvalue weighted by Crippen LogP contribution is -2.13. The van der Waals surface area contributed by atoms with E-state index in [-0.39, 0.29) is 0 Å². The van der Waals surface area contributed by atoms with Gasteiger partial charge in [-0.25, -0.2) is 0 Å². The highest BCUT2D eigenvalue weighted by Gasteiger charge is 2.30. The van der Waals surface area contributed by atoms with Gasteiger partial charge in [0.1, 0.15) is 0 Å². The van der Waals surface area contributed by atoms with E-state index in [4.69, 9.17) is 0 Å². The van der Waals surface area contributed by atoms with Crippen LogP contribution >= 0.6 is 0 Å². The first-order valence-electron chi connectivity index (χ1n) is 32.4. The van der Waals surface area contributed by atoms with E-state index in [9.17, 15) is 0 Å². The van der Waals surface area contributed by atoms with E-state index < -0.39 is 0 Å². The highest BCUT2D eigenvalue weighted by atomic mass is 14.3. The van der Waals surface area contributed by atoms with Crippen molar-refractivity contribution in [3.63, 3.8) is 0 Å². The summed E-state index contributed by atoms with van der Waals surface area (Å²) in [4.78, 5) is 0. The third-order valence-electron chi connectivity index (χ3n) is 19.8. The predicted octanol–water partition coefficient (Wildman–Crippen LogP) is 21.3. The highest BCUT2D eigenvalue weighted by Crippen LogP contribution is 2.45. The summed E-state index contributed by atoms with van der Waals surface area (Å²) in [5, 5.41) is 0. The number of hydrogen-bond acceptors (Lipinski definition) is 0. The quantitative estimate of drug-likeness (QED) is 0.108. The lowest BCUT2D eigenvalue weighted by Gasteiger charge is -2.28. The van der Waals surface area contributed by atoms with Crippen molar-refractivity contribution in [2.45, 2.75) is 117 Å². The van der Waals surface area contributed by atoms with Gasteiger partial charge >= 0.3 is 0 Å². The number of allylic oxidation sites excluding steroid dienone is 28. The molecule has 0 bridgehead atoms. The lowest BCUT2D eigenvalue weighted by atomic mass is 9.77. The Hall–Kier alpha value is -8.32. The first kappa shape index (κ1) is 56.8. The fourth-order valence-corrected chi connectivity index (χ4v) is 14.8. The average Bonchev–Trinajstić information content (AvgIpc) is 4.09. The van der Waals surface area contributed by atoms with E-state index in [1.807, 2.05) is 0 Å². The molecule has 0 radical (unpaired) electrons. The van der Waals surface area contributed by atoms with Crippen molar-refractivity contribution in [3.05, 3.63) is 366 Å². The van der Waals surface area contributed by atoms with Gasteiger partial charge < -0.3 is 0 Å². The molecular weight excluding hydrogens is 1030 g/mol. The summed E-state index contributed by atoms with van der Waals surface area (Å²) in [7, 11) is 0. The Bertz CT molecular complexity index is 3950. The maximum atomic E-state index is 2.45. The van der Waals surface area contributed by atoms with Gasteiger partial charge in [-0.15, -0.1) is 0 Å². The molecule has 0 aromatic heterocycles. The molecule has 428 valence electrons. The molecule has 0 spiro atoms. The summed E-state index contributed by atoms with van der Waals surface area (Å²) in [6.07, 6.45) is 57.3. The molecule has 86 heavy (non-hydrogen) atoms. The van der Waals surface area contributed by atoms with Gasteiger partial charge in [0.15, 0.2) is 0 Å². The topological polar surface area (TPSA) is 0 Å². The molecule has 0 nitrogen and oxygen atoms in total. The third kappa shape index (κ3) is 12.9. The molecule has 6 aromatic rings. The van der Waals surface area contributed by atoms with Crippen LogP contribution in [-0.4, -0.2) is 0 Å². The minimum Gasteiger partial charge on any atom is -0.0801 e. The minimum absolute atomic E-state index is 0.398. The molecule has 9 aliphatic rings. The van der Waals surface area contributed by atoms with Crippen LogP contribution in [0, 0.1) is 44.4 Å². The molecule has 0 heterocycles. The third-order valence-corrected chi connectivity index (χ3v) is 19.8. The van der Waals surface area contributed by atoms with Crippen molar-refractivity contribution in [1.29, 1.82) is 0 Å². The minimum atomic E-state index is 0.398. The summed E-state index contributed by atoms with van der Waals surface area (Å²) in [5.41, 5.74) is 33.1. The molecule has 1 fully saturated rings. The molecule has 0 N–H and O–H groups in total. The van der Waals surface area contributed by atoms with Crippen LogP contribution in [0.25, 0.3) is 11.1 Å². The Labute approximate surface area is 514 Å². The molecule has 9 aliphatic carbocycles. The zero-order valence-electron chi connectivity index (χ0n) is 51.3. The molecule has 3 atom stereocenters. The van der Waals surface area contributed by atoms with Crippen LogP contribution in [0.3, 0.4) is 0 Å². The van der Waals surface area contributed by atoms with Gasteiger partial charge in [-0.05, 0) is 220 Å². The monoisotopic (exact) mass is 1120 g/mol. The van der Waals surface area contributed by atoms with Crippen LogP contribution in [0.5, 0.6) is 0 Å². The van der Waals surface area contributed by atoms with Crippen LogP contribution < -0.4 is 0 Å². The molecular formula is C86H84. The van der Waals surface area contributed by atoms with Crippen molar-refractivity contribution < 1.29 is 0 Å². The molecule has 15 rings (SSSR count). The van der Waals surface area contributed by atoms with Crippen LogP contribution in [-0.2, 0) is 44.9 Å². The second kappa shape index (κ2) is 26.1. The summed E-state index contributed by atoms with van der Waals surface area (Å²) in [6, 6.07) is 52.2. The number of benzene rings is 6. The Morgan fingerprint density at radius 2 is 0.907 bits per heavy atom. The van der Waals surface area contributed by atoms with Crippen molar-refractivity contribution in [3.8, 4) is 0 Å². The zero-order chi connectivity index (χ0) is 58.3. The SMILES string of the molecule is C1=CC2C(=C1)C(Cc1ccc(CCc3ccccc3)cc1)=CC=C2c1ccc2c(c1)CCC2.Cc1cc(CC2=CC=C(C3=CCC=C3)C3C=CC=C23)ccc1C1CCC(C)CC1.Cc1ccc(CC2=CC=C(c3ccc(C)cc3)C3C=CC=C23)cc1. The highest BCUT2D eigenvalue weighted by molar-refractivity contribution is 5.80. The Morgan fingerprint density at radius 3 is 1.50 bits per heavy atom. The fourth-order valence-electron chi connectivity index (χ4n) is 14.8. The fraction of sp³-hybridized carbons (Fsp3) is 0.256. The number of hydrogen-bond donors (Lipinski definition) is 0. The van der Waals surface area contributed by atoms with Gasteiger partial charge in [0.05, 0.1) is 0 Å². The van der Waals surface area contributed by atoms with Crippen LogP contribution in [0.1, 0.15) is 124 Å². The second-order valence-electron chi connectivity index (χ2n) is 25.9. The summed E-state index contributed by atoms with van der Waals surface area (Å²) in [6.45, 7) is 9.00. The first-order chi connectivity index (χ1) is 42.2. The maximum Gasteiger partial charge on any atom is 0.0281 e. The first-order valence-corrected chi connectivity index (χ1v) is 32.4. The maximum absolute atomic E-state index is 2.45. The molecule has 3 unspecified atom stereocenters. The van der Waals surface area contributed by atoms with E-state index in [2.05, 4.69) is 277 Å². The van der Waals surface area contributed by atoms with Crippen molar-refractivity contribution in [1.82, 2.24) is 0 Å². The van der Waals surface area contributed by atoms with Gasteiger partial charge in [0, 0.05) is 17.8 Å². The summed E-state index contributed by atoms with van der Waals surface area (Å²) >= 11 is 0. The van der Waals surface area contributed by atoms with E-state index >= 15 is 0 Å². The zero-order valence-corrected chi connectivity index (χ0v) is 51.3. The van der Waals surface area contributed by atoms with Gasteiger partial charge in [-0.3, -0.25) is 0 Å². The van der Waals surface area contributed by atoms with Crippen LogP contribution in [0.15, 0.2) is 293 Å². The normalized spacial score (nSPS) is 21.7. The van der Waals surface area contributed by atoms with Crippen LogP contribution in [0.4, 0.5) is 0 Å². The molecule has 0 aliphatic heterocycles. The van der Waals surface area contributed by atoms with E-state index in [0.29, 0.717) is 17.8 Å². The predicted molar refractivity (Wildman–Crippen MR) is 366 cm³/mol. The Balaban J connectivity index is 0.000000121. The van der Waals surface area contributed by atoms with Crippen LogP contribution in [0.2, 0.25) is 0 Å². The Morgan fingerprint density at radius 1 is 0.407 bits per heavy atom. The standard InChI is InChI=1S/C33H30.C29H32.C24H22/c1-2-6-24(7-3-1)12-13-25-14-16-26(17-15-25)22-29-20-21-32(33-11-5-10-31(29)33)30-19-18-27-8-4-9-28(27)23-30;1-20-10-13-24(14-11-20)26-16-12-22(18-21(26)2)19-25-15-17-28(23-6-3-4-7-23)29-9-5-8-27(25)29;1-17-6-10-19(11-7-17)16-21-14-15-23(24-5-3-4-22(21)24)20-12-8-18(2)9-13-20/h1-3,5-7,10-11,14-21,23,33H,4,8-9,12-13,22H2;3,5-9,12,15-18,20,24,29H,4,10-11,13-14,19H2,1-2H3;3-15,24H,16H2,1-2H3. The molecule has 0 saturated heterocycles. The summed E-state index contributed by atoms with van der Waals surface area (Å²) < 4.78 is 0. The Kier molecular flexibility index (Phi) is 17.2. The number of rotatable bonds is 13. The number of fused-ring (bicyclic) bond motifs is 4. The molecule has 0 amide bonds. The number of aryl methyl sites for hydroxylation is 7. The molecule has 0 heteroatoms. The van der Waals surface area contributed by atoms with Gasteiger partial charge in [0.25, 0.3) is 0 Å². The van der Waals surface area contributed by atoms with Gasteiger partial charge in [-0.2, -0.15) is 0 Å². The van der Waals surface area contributed by atoms with E-state index in [0.717, 1.165) is 50.4 Å². The van der Waals surface area contributed by atoms with Crippen molar-refractivity contribution in [2.24, 2.45) is 23.7 Å². The van der Waals surface area contributed by atoms with Gasteiger partial charge in [0.2, 0.25) is 0 Å². The molecule has 6 aromatic carbocycles. The lowest BCUT2D eigenvalue weighted by molar-refractivity contribution is 0.347. The van der Waals surface area contributed by atoms with E-state index in [1.54, 1.807) is 16.7 Å². The van der Waals surface area contributed by atoms with E-state index in [1.165, 1.54) is 156 Å². The second-order valence-corrected chi connectivity index (χ2v) is 25.9. The van der Waals surface area contributed by atoms with Crippen molar-refractivity contribution in [2.75, 3.05) is 0 Å². The summed E-state index contributed by atoms with van der Waals surface area (Å²) in [5.74, 6) is 2.93. The largest absolute Gasteiger partial charge is 0.0801 e. The van der Waals surface area contributed by atoms with Gasteiger partial charge in [-0.1, -0.05) is 280 Å². The van der Waals surface area contributed by atoms with Crippen molar-refractivity contribution >= 4 is 11.1 Å². The smallest absolute Gasteiger partial charge is 0.0281 e. The molecule has 1 saturated carbocycles. The average molecular weight is 1120 g/mol.